The molecule has 0 fully saturated rings. The standard InChI is InChI=1S/C15H24O3/c1-4-11(5-2)14(16)15(17)12-9-7-8-10-13(12)18-6-3/h7-11,14-17H,4-6H2,1-3H3. The van der Waals surface area contributed by atoms with Gasteiger partial charge in [-0.25, -0.2) is 0 Å². The van der Waals surface area contributed by atoms with Crippen LogP contribution in [0.5, 0.6) is 5.75 Å². The van der Waals surface area contributed by atoms with Crippen molar-refractivity contribution in [2.24, 2.45) is 5.92 Å². The van der Waals surface area contributed by atoms with Gasteiger partial charge in [0, 0.05) is 5.56 Å². The maximum atomic E-state index is 10.3. The second-order valence-corrected chi connectivity index (χ2v) is 4.48. The molecule has 1 rings (SSSR count). The molecule has 0 saturated heterocycles. The Kier molecular flexibility index (Phi) is 6.16. The molecule has 0 heterocycles. The summed E-state index contributed by atoms with van der Waals surface area (Å²) < 4.78 is 5.48. The van der Waals surface area contributed by atoms with Crippen molar-refractivity contribution < 1.29 is 14.9 Å². The lowest BCUT2D eigenvalue weighted by Crippen LogP contribution is -2.27. The first-order chi connectivity index (χ1) is 8.65. The molecule has 0 saturated carbocycles. The van der Waals surface area contributed by atoms with Gasteiger partial charge in [-0.3, -0.25) is 0 Å². The van der Waals surface area contributed by atoms with Crippen molar-refractivity contribution in [1.29, 1.82) is 0 Å². The van der Waals surface area contributed by atoms with E-state index in [-0.39, 0.29) is 5.92 Å². The summed E-state index contributed by atoms with van der Waals surface area (Å²) in [4.78, 5) is 0. The zero-order valence-electron chi connectivity index (χ0n) is 11.5. The lowest BCUT2D eigenvalue weighted by Gasteiger charge is -2.26. The minimum Gasteiger partial charge on any atom is -0.493 e. The van der Waals surface area contributed by atoms with Crippen LogP contribution < -0.4 is 4.74 Å². The number of hydrogen-bond acceptors (Lipinski definition) is 3. The van der Waals surface area contributed by atoms with Crippen molar-refractivity contribution in [2.75, 3.05) is 6.61 Å². The number of benzene rings is 1. The van der Waals surface area contributed by atoms with Gasteiger partial charge in [0.2, 0.25) is 0 Å². The third-order valence-electron chi connectivity index (χ3n) is 3.39. The molecule has 1 aromatic rings. The lowest BCUT2D eigenvalue weighted by atomic mass is 9.89. The zero-order chi connectivity index (χ0) is 13.5. The normalized spacial score (nSPS) is 14.6. The van der Waals surface area contributed by atoms with Crippen LogP contribution >= 0.6 is 0 Å². The monoisotopic (exact) mass is 252 g/mol. The van der Waals surface area contributed by atoms with Crippen LogP contribution in [0.3, 0.4) is 0 Å². The predicted molar refractivity (Wildman–Crippen MR) is 72.6 cm³/mol. The maximum Gasteiger partial charge on any atom is 0.125 e. The third kappa shape index (κ3) is 3.47. The molecule has 1 aromatic carbocycles. The number of aliphatic hydroxyl groups excluding tert-OH is 2. The molecule has 0 spiro atoms. The number of para-hydroxylation sites is 1. The summed E-state index contributed by atoms with van der Waals surface area (Å²) in [6, 6.07) is 7.34. The number of rotatable bonds is 7. The Morgan fingerprint density at radius 1 is 1.06 bits per heavy atom. The molecule has 0 aliphatic carbocycles. The topological polar surface area (TPSA) is 49.7 Å². The van der Waals surface area contributed by atoms with E-state index >= 15 is 0 Å². The van der Waals surface area contributed by atoms with Crippen molar-refractivity contribution in [3.63, 3.8) is 0 Å². The average Bonchev–Trinajstić information content (AvgIpc) is 2.40. The molecule has 0 bridgehead atoms. The highest BCUT2D eigenvalue weighted by Crippen LogP contribution is 2.31. The molecule has 0 amide bonds. The number of aliphatic hydroxyl groups is 2. The molecule has 3 heteroatoms. The van der Waals surface area contributed by atoms with E-state index in [0.29, 0.717) is 17.9 Å². The van der Waals surface area contributed by atoms with Gasteiger partial charge < -0.3 is 14.9 Å². The van der Waals surface area contributed by atoms with Gasteiger partial charge >= 0.3 is 0 Å². The lowest BCUT2D eigenvalue weighted by molar-refractivity contribution is -0.0221. The molecule has 18 heavy (non-hydrogen) atoms. The summed E-state index contributed by atoms with van der Waals surface area (Å²) in [5, 5.41) is 20.5. The van der Waals surface area contributed by atoms with Gasteiger partial charge in [0.05, 0.1) is 12.7 Å². The first-order valence-electron chi connectivity index (χ1n) is 6.73. The van der Waals surface area contributed by atoms with Gasteiger partial charge in [-0.1, -0.05) is 44.9 Å². The SMILES string of the molecule is CCOc1ccccc1C(O)C(O)C(CC)CC. The summed E-state index contributed by atoms with van der Waals surface area (Å²) in [5.41, 5.74) is 0.666. The van der Waals surface area contributed by atoms with Crippen LogP contribution in [0.1, 0.15) is 45.3 Å². The summed E-state index contributed by atoms with van der Waals surface area (Å²) in [7, 11) is 0. The molecule has 0 radical (unpaired) electrons. The van der Waals surface area contributed by atoms with Crippen LogP contribution in [-0.2, 0) is 0 Å². The van der Waals surface area contributed by atoms with Gasteiger partial charge in [0.25, 0.3) is 0 Å². The smallest absolute Gasteiger partial charge is 0.125 e. The number of hydrogen-bond donors (Lipinski definition) is 2. The highest BCUT2D eigenvalue weighted by Gasteiger charge is 2.27. The highest BCUT2D eigenvalue weighted by molar-refractivity contribution is 5.35. The molecule has 0 aliphatic heterocycles. The summed E-state index contributed by atoms with van der Waals surface area (Å²) >= 11 is 0. The molecular formula is C15H24O3. The van der Waals surface area contributed by atoms with Gasteiger partial charge in [-0.2, -0.15) is 0 Å². The van der Waals surface area contributed by atoms with Gasteiger partial charge in [0.15, 0.2) is 0 Å². The second-order valence-electron chi connectivity index (χ2n) is 4.48. The van der Waals surface area contributed by atoms with Crippen LogP contribution in [0.4, 0.5) is 0 Å². The van der Waals surface area contributed by atoms with Crippen molar-refractivity contribution in [1.82, 2.24) is 0 Å². The maximum absolute atomic E-state index is 10.3. The van der Waals surface area contributed by atoms with Crippen molar-refractivity contribution >= 4 is 0 Å². The van der Waals surface area contributed by atoms with Crippen molar-refractivity contribution in [3.05, 3.63) is 29.8 Å². The third-order valence-corrected chi connectivity index (χ3v) is 3.39. The first kappa shape index (κ1) is 15.0. The minimum atomic E-state index is -0.891. The van der Waals surface area contributed by atoms with E-state index in [1.165, 1.54) is 0 Å². The molecular weight excluding hydrogens is 228 g/mol. The Morgan fingerprint density at radius 3 is 2.22 bits per heavy atom. The molecule has 2 N–H and O–H groups in total. The van der Waals surface area contributed by atoms with Crippen LogP contribution in [0.25, 0.3) is 0 Å². The largest absolute Gasteiger partial charge is 0.493 e. The minimum absolute atomic E-state index is 0.106. The quantitative estimate of drug-likeness (QED) is 0.784. The van der Waals surface area contributed by atoms with E-state index < -0.39 is 12.2 Å². The Hall–Kier alpha value is -1.06. The molecule has 2 unspecified atom stereocenters. The average molecular weight is 252 g/mol. The first-order valence-corrected chi connectivity index (χ1v) is 6.73. The molecule has 2 atom stereocenters. The summed E-state index contributed by atoms with van der Waals surface area (Å²) in [5.74, 6) is 0.757. The van der Waals surface area contributed by atoms with Crippen molar-refractivity contribution in [3.8, 4) is 5.75 Å². The van der Waals surface area contributed by atoms with Crippen LogP contribution in [0, 0.1) is 5.92 Å². The van der Waals surface area contributed by atoms with Gasteiger partial charge in [-0.05, 0) is 18.9 Å². The molecule has 102 valence electrons. The fourth-order valence-corrected chi connectivity index (χ4v) is 2.23. The van der Waals surface area contributed by atoms with E-state index in [9.17, 15) is 10.2 Å². The fraction of sp³-hybridized carbons (Fsp3) is 0.600. The Morgan fingerprint density at radius 2 is 1.67 bits per heavy atom. The summed E-state index contributed by atoms with van der Waals surface area (Å²) in [6.45, 7) is 6.50. The van der Waals surface area contributed by atoms with Crippen molar-refractivity contribution in [2.45, 2.75) is 45.8 Å². The predicted octanol–water partition coefficient (Wildman–Crippen LogP) is 2.92. The zero-order valence-corrected chi connectivity index (χ0v) is 11.5. The Bertz CT molecular complexity index is 347. The Labute approximate surface area is 109 Å². The molecule has 0 aromatic heterocycles. The molecule has 3 nitrogen and oxygen atoms in total. The van der Waals surface area contributed by atoms with E-state index in [1.54, 1.807) is 6.07 Å². The van der Waals surface area contributed by atoms with E-state index in [1.807, 2.05) is 39.0 Å². The van der Waals surface area contributed by atoms with E-state index in [0.717, 1.165) is 12.8 Å². The summed E-state index contributed by atoms with van der Waals surface area (Å²) in [6.07, 6.45) is 0.0658. The number of ether oxygens (including phenoxy) is 1. The second kappa shape index (κ2) is 7.39. The Balaban J connectivity index is 2.91. The van der Waals surface area contributed by atoms with Crippen LogP contribution in [0.2, 0.25) is 0 Å². The van der Waals surface area contributed by atoms with E-state index in [2.05, 4.69) is 0 Å². The van der Waals surface area contributed by atoms with Gasteiger partial charge in [-0.15, -0.1) is 0 Å². The van der Waals surface area contributed by atoms with Crippen LogP contribution in [-0.4, -0.2) is 22.9 Å². The van der Waals surface area contributed by atoms with E-state index in [4.69, 9.17) is 4.74 Å². The fourth-order valence-electron chi connectivity index (χ4n) is 2.23. The van der Waals surface area contributed by atoms with Crippen LogP contribution in [0.15, 0.2) is 24.3 Å². The van der Waals surface area contributed by atoms with Gasteiger partial charge in [0.1, 0.15) is 11.9 Å². The highest BCUT2D eigenvalue weighted by atomic mass is 16.5. The molecule has 0 aliphatic rings.